The number of hydrogen-bond donors (Lipinski definition) is 1. The molecule has 2 atom stereocenters. The Balaban J connectivity index is 1.28. The van der Waals surface area contributed by atoms with Gasteiger partial charge in [-0.05, 0) is 42.3 Å². The highest BCUT2D eigenvalue weighted by molar-refractivity contribution is 6.02. The molecule has 2 bridgehead atoms. The minimum absolute atomic E-state index is 0.369. The van der Waals surface area contributed by atoms with Crippen LogP contribution in [0.15, 0.2) is 77.9 Å². The van der Waals surface area contributed by atoms with Gasteiger partial charge in [-0.2, -0.15) is 10.2 Å². The summed E-state index contributed by atoms with van der Waals surface area (Å²) in [6.07, 6.45) is 10.6. The summed E-state index contributed by atoms with van der Waals surface area (Å²) < 4.78 is 13.7. The maximum Gasteiger partial charge on any atom is 0.164 e. The molecule has 1 aromatic carbocycles. The Labute approximate surface area is 211 Å². The zero-order valence-electron chi connectivity index (χ0n) is 19.9. The Bertz CT molecular complexity index is 1750. The maximum absolute atomic E-state index is 6.03. The molecular formula is C28H23N7O2. The fourth-order valence-corrected chi connectivity index (χ4v) is 5.78. The number of fused-ring (bicyclic) bond motifs is 4. The van der Waals surface area contributed by atoms with Gasteiger partial charge in [-0.1, -0.05) is 12.1 Å². The van der Waals surface area contributed by atoms with Gasteiger partial charge in [0.2, 0.25) is 0 Å². The minimum atomic E-state index is 0.369. The second-order valence-electron chi connectivity index (χ2n) is 9.74. The van der Waals surface area contributed by atoms with Crippen LogP contribution in [-0.4, -0.2) is 60.0 Å². The first-order valence-corrected chi connectivity index (χ1v) is 12.5. The van der Waals surface area contributed by atoms with Crippen LogP contribution in [-0.2, 0) is 11.3 Å². The Kier molecular flexibility index (Phi) is 4.55. The van der Waals surface area contributed by atoms with E-state index >= 15 is 0 Å². The Morgan fingerprint density at radius 1 is 1.05 bits per heavy atom. The predicted octanol–water partition coefficient (Wildman–Crippen LogP) is 4.57. The number of pyridine rings is 1. The van der Waals surface area contributed by atoms with E-state index in [9.17, 15) is 0 Å². The van der Waals surface area contributed by atoms with Crippen LogP contribution in [0.3, 0.4) is 0 Å². The lowest BCUT2D eigenvalue weighted by Gasteiger charge is -2.25. The number of aromatic nitrogens is 6. The second-order valence-corrected chi connectivity index (χ2v) is 9.74. The molecule has 0 amide bonds. The topological polar surface area (TPSA) is 97.4 Å². The molecule has 2 aliphatic heterocycles. The fourth-order valence-electron chi connectivity index (χ4n) is 5.78. The molecule has 8 rings (SSSR count). The zero-order valence-corrected chi connectivity index (χ0v) is 19.9. The number of hydrogen-bond acceptors (Lipinski definition) is 7. The van der Waals surface area contributed by atoms with Crippen molar-refractivity contribution in [2.45, 2.75) is 25.1 Å². The average molecular weight is 490 g/mol. The number of morpholine rings is 1. The van der Waals surface area contributed by atoms with Crippen molar-refractivity contribution in [1.82, 2.24) is 34.7 Å². The van der Waals surface area contributed by atoms with Crippen molar-refractivity contribution in [3.8, 4) is 33.6 Å². The van der Waals surface area contributed by atoms with E-state index in [-0.39, 0.29) is 0 Å². The van der Waals surface area contributed by atoms with Gasteiger partial charge in [0.05, 0.1) is 42.2 Å². The van der Waals surface area contributed by atoms with Crippen molar-refractivity contribution in [3.63, 3.8) is 0 Å². The summed E-state index contributed by atoms with van der Waals surface area (Å²) in [7, 11) is 0. The number of likely N-dealkylation sites (tertiary alicyclic amines) is 1. The molecule has 2 fully saturated rings. The number of nitrogens with zero attached hydrogens (tertiary/aromatic N) is 6. The van der Waals surface area contributed by atoms with E-state index < -0.39 is 0 Å². The van der Waals surface area contributed by atoms with Crippen molar-refractivity contribution >= 4 is 16.6 Å². The number of ether oxygens (including phenoxy) is 1. The van der Waals surface area contributed by atoms with Crippen molar-refractivity contribution in [2.75, 3.05) is 13.2 Å². The number of benzene rings is 1. The number of furan rings is 1. The molecule has 7 heterocycles. The third kappa shape index (κ3) is 3.32. The Morgan fingerprint density at radius 2 is 2.00 bits per heavy atom. The van der Waals surface area contributed by atoms with Gasteiger partial charge in [-0.15, -0.1) is 0 Å². The predicted molar refractivity (Wildman–Crippen MR) is 138 cm³/mol. The number of H-pyrrole nitrogens is 1. The molecule has 0 saturated carbocycles. The van der Waals surface area contributed by atoms with E-state index in [0.717, 1.165) is 82.1 Å². The van der Waals surface area contributed by atoms with E-state index in [4.69, 9.17) is 19.2 Å². The number of aromatic amines is 1. The summed E-state index contributed by atoms with van der Waals surface area (Å²) in [5, 5.41) is 13.5. The van der Waals surface area contributed by atoms with Crippen molar-refractivity contribution in [1.29, 1.82) is 0 Å². The molecule has 182 valence electrons. The summed E-state index contributed by atoms with van der Waals surface area (Å²) in [6.45, 7) is 2.58. The number of nitrogens with one attached hydrogen (secondary N) is 1. The Hall–Kier alpha value is -4.34. The lowest BCUT2D eigenvalue weighted by Crippen LogP contribution is -2.36. The first-order valence-electron chi connectivity index (χ1n) is 12.5. The summed E-state index contributed by atoms with van der Waals surface area (Å²) in [6, 6.07) is 14.7. The van der Waals surface area contributed by atoms with E-state index in [1.54, 1.807) is 12.4 Å². The van der Waals surface area contributed by atoms with Gasteiger partial charge >= 0.3 is 0 Å². The molecular weight excluding hydrogens is 466 g/mol. The molecule has 37 heavy (non-hydrogen) atoms. The van der Waals surface area contributed by atoms with Crippen molar-refractivity contribution < 1.29 is 9.15 Å². The SMILES string of the molecule is c1cc(-c2c(-c3ccncc3)nn3c(-c4coc(CN5CC6C[C@H]5CO6)c4)ccnc23)c2cn[nH]c2c1. The van der Waals surface area contributed by atoms with Crippen LogP contribution in [0.1, 0.15) is 12.2 Å². The standard InChI is InChI=1S/C28H23N7O2/c1-2-22(23-12-31-32-24(23)3-1)26-27(17-4-7-29-8-5-17)33-35-25(6-9-30-28(26)35)18-10-20(36-15-18)13-34-14-21-11-19(34)16-37-21/h1-10,12,15,19,21H,11,13-14,16H2,(H,31,32)/t19-,21?/m0/s1. The molecule has 0 spiro atoms. The van der Waals surface area contributed by atoms with Gasteiger partial charge in [-0.25, -0.2) is 9.50 Å². The lowest BCUT2D eigenvalue weighted by molar-refractivity contribution is 0.0248. The van der Waals surface area contributed by atoms with Crippen LogP contribution in [0, 0.1) is 0 Å². The molecule has 1 N–H and O–H groups in total. The second kappa shape index (κ2) is 8.09. The van der Waals surface area contributed by atoms with Crippen LogP contribution in [0.2, 0.25) is 0 Å². The van der Waals surface area contributed by atoms with Crippen LogP contribution < -0.4 is 0 Å². The summed E-state index contributed by atoms with van der Waals surface area (Å²) in [4.78, 5) is 11.5. The molecule has 6 aromatic rings. The normalized spacial score (nSPS) is 19.5. The van der Waals surface area contributed by atoms with Gasteiger partial charge in [0.15, 0.2) is 5.65 Å². The summed E-state index contributed by atoms with van der Waals surface area (Å²) in [5.74, 6) is 0.942. The molecule has 0 radical (unpaired) electrons. The Morgan fingerprint density at radius 3 is 2.86 bits per heavy atom. The third-order valence-electron chi connectivity index (χ3n) is 7.55. The maximum atomic E-state index is 6.03. The molecule has 5 aromatic heterocycles. The minimum Gasteiger partial charge on any atom is -0.467 e. The highest BCUT2D eigenvalue weighted by atomic mass is 16.5. The van der Waals surface area contributed by atoms with E-state index in [0.29, 0.717) is 12.1 Å². The van der Waals surface area contributed by atoms with Crippen molar-refractivity contribution in [2.24, 2.45) is 0 Å². The van der Waals surface area contributed by atoms with Gasteiger partial charge in [0.25, 0.3) is 0 Å². The van der Waals surface area contributed by atoms with E-state index in [1.807, 2.05) is 53.5 Å². The lowest BCUT2D eigenvalue weighted by atomic mass is 9.99. The average Bonchev–Trinajstić information content (AvgIpc) is 3.76. The number of rotatable bonds is 5. The van der Waals surface area contributed by atoms with E-state index in [2.05, 4.69) is 32.2 Å². The fraction of sp³-hybridized carbons (Fsp3) is 0.214. The third-order valence-corrected chi connectivity index (χ3v) is 7.55. The van der Waals surface area contributed by atoms with E-state index in [1.165, 1.54) is 0 Å². The molecule has 2 saturated heterocycles. The van der Waals surface area contributed by atoms with Crippen LogP contribution in [0.5, 0.6) is 0 Å². The smallest absolute Gasteiger partial charge is 0.164 e. The molecule has 0 aliphatic carbocycles. The van der Waals surface area contributed by atoms with Crippen LogP contribution in [0.25, 0.3) is 50.2 Å². The monoisotopic (exact) mass is 489 g/mol. The largest absolute Gasteiger partial charge is 0.467 e. The first kappa shape index (κ1) is 20.8. The van der Waals surface area contributed by atoms with Gasteiger partial charge in [0.1, 0.15) is 17.7 Å². The quantitative estimate of drug-likeness (QED) is 0.379. The van der Waals surface area contributed by atoms with Gasteiger partial charge in [-0.3, -0.25) is 15.0 Å². The molecule has 9 nitrogen and oxygen atoms in total. The van der Waals surface area contributed by atoms with Gasteiger partial charge < -0.3 is 9.15 Å². The molecule has 9 heteroatoms. The summed E-state index contributed by atoms with van der Waals surface area (Å²) in [5.41, 5.74) is 7.43. The molecule has 1 unspecified atom stereocenters. The molecule has 2 aliphatic rings. The van der Waals surface area contributed by atoms with Crippen LogP contribution in [0.4, 0.5) is 0 Å². The van der Waals surface area contributed by atoms with Gasteiger partial charge in [0, 0.05) is 47.7 Å². The highest BCUT2D eigenvalue weighted by Crippen LogP contribution is 2.39. The zero-order chi connectivity index (χ0) is 24.3. The van der Waals surface area contributed by atoms with Crippen LogP contribution >= 0.6 is 0 Å². The first-order chi connectivity index (χ1) is 18.3. The summed E-state index contributed by atoms with van der Waals surface area (Å²) >= 11 is 0. The van der Waals surface area contributed by atoms with Crippen molar-refractivity contribution in [3.05, 3.63) is 79.3 Å². The highest BCUT2D eigenvalue weighted by Gasteiger charge is 2.39.